The number of ether oxygens (including phenoxy) is 1. The van der Waals surface area contributed by atoms with Crippen LogP contribution in [0.1, 0.15) is 33.3 Å². The summed E-state index contributed by atoms with van der Waals surface area (Å²) in [7, 11) is 0. The minimum Gasteiger partial charge on any atom is -0.472 e. The molecule has 9 heteroatoms. The number of thiophene rings is 1. The van der Waals surface area contributed by atoms with Crippen molar-refractivity contribution in [3.05, 3.63) is 46.8 Å². The van der Waals surface area contributed by atoms with Crippen LogP contribution in [0.4, 0.5) is 19.0 Å². The van der Waals surface area contributed by atoms with Crippen LogP contribution in [0.2, 0.25) is 0 Å². The first kappa shape index (κ1) is 21.8. The Morgan fingerprint density at radius 2 is 1.83 bits per heavy atom. The van der Waals surface area contributed by atoms with Gasteiger partial charge in [0.15, 0.2) is 0 Å². The van der Waals surface area contributed by atoms with Crippen LogP contribution in [0, 0.1) is 0 Å². The van der Waals surface area contributed by atoms with E-state index in [0.717, 1.165) is 16.7 Å². The summed E-state index contributed by atoms with van der Waals surface area (Å²) in [5.41, 5.74) is 0.0479. The number of rotatable bonds is 4. The molecule has 3 aromatic heterocycles. The first-order valence-electron chi connectivity index (χ1n) is 9.01. The summed E-state index contributed by atoms with van der Waals surface area (Å²) in [6, 6.07) is 6.56. The lowest BCUT2D eigenvalue weighted by molar-refractivity contribution is -0.136. The third-order valence-electron chi connectivity index (χ3n) is 3.85. The monoisotopic (exact) mass is 435 g/mol. The van der Waals surface area contributed by atoms with E-state index in [1.54, 1.807) is 24.3 Å². The van der Waals surface area contributed by atoms with E-state index in [2.05, 4.69) is 15.3 Å². The summed E-state index contributed by atoms with van der Waals surface area (Å²) in [6.45, 7) is 6.85. The fraction of sp³-hybridized carbons (Fsp3) is 0.286. The molecule has 0 bridgehead atoms. The number of pyridine rings is 2. The molecule has 0 fully saturated rings. The number of anilines is 1. The summed E-state index contributed by atoms with van der Waals surface area (Å²) in [4.78, 5) is 19.7. The van der Waals surface area contributed by atoms with Crippen LogP contribution in [-0.4, -0.2) is 21.5 Å². The van der Waals surface area contributed by atoms with E-state index in [4.69, 9.17) is 4.74 Å². The van der Waals surface area contributed by atoms with Crippen LogP contribution in [0.3, 0.4) is 0 Å². The molecule has 0 atom stereocenters. The molecule has 0 aliphatic rings. The molecule has 3 aromatic rings. The molecule has 30 heavy (non-hydrogen) atoms. The Labute approximate surface area is 176 Å². The topological polar surface area (TPSA) is 64.1 Å². The molecule has 158 valence electrons. The predicted octanol–water partition coefficient (Wildman–Crippen LogP) is 6.03. The van der Waals surface area contributed by atoms with Crippen LogP contribution < -0.4 is 10.1 Å². The lowest BCUT2D eigenvalue weighted by Gasteiger charge is -2.21. The Morgan fingerprint density at radius 3 is 2.47 bits per heavy atom. The Morgan fingerprint density at radius 1 is 1.10 bits per heavy atom. The second-order valence-corrected chi connectivity index (χ2v) is 8.35. The molecule has 3 rings (SSSR count). The van der Waals surface area contributed by atoms with Gasteiger partial charge < -0.3 is 10.1 Å². The average Bonchev–Trinajstić information content (AvgIpc) is 3.10. The molecule has 0 aromatic carbocycles. The van der Waals surface area contributed by atoms with E-state index in [-0.39, 0.29) is 23.0 Å². The van der Waals surface area contributed by atoms with Gasteiger partial charge in [0, 0.05) is 35.5 Å². The number of aromatic nitrogens is 2. The lowest BCUT2D eigenvalue weighted by Crippen LogP contribution is -2.23. The highest BCUT2D eigenvalue weighted by atomic mass is 32.1. The Hall–Kier alpha value is -2.94. The standard InChI is InChI=1S/C21H20F3N3O2S/c1-12(28)26-18-8-13(5-6-25-18)14-7-17(27-19(9-14)29-20(2,3)4)15-10-30-11-16(15)21(22,23)24/h5-11H,1-4H3,(H,25,26,28). The highest BCUT2D eigenvalue weighted by Gasteiger charge is 2.35. The van der Waals surface area contributed by atoms with Crippen LogP contribution in [0.15, 0.2) is 41.2 Å². The zero-order valence-corrected chi connectivity index (χ0v) is 17.6. The smallest absolute Gasteiger partial charge is 0.417 e. The van der Waals surface area contributed by atoms with Crippen LogP contribution >= 0.6 is 11.3 Å². The second-order valence-electron chi connectivity index (χ2n) is 7.60. The maximum absolute atomic E-state index is 13.4. The molecule has 1 N–H and O–H groups in total. The van der Waals surface area contributed by atoms with E-state index < -0.39 is 17.3 Å². The van der Waals surface area contributed by atoms with Gasteiger partial charge in [-0.1, -0.05) is 0 Å². The number of carbonyl (C=O) groups excluding carboxylic acids is 1. The van der Waals surface area contributed by atoms with Gasteiger partial charge >= 0.3 is 6.18 Å². The quantitative estimate of drug-likeness (QED) is 0.544. The first-order valence-corrected chi connectivity index (χ1v) is 9.95. The van der Waals surface area contributed by atoms with Gasteiger partial charge in [-0.05, 0) is 50.1 Å². The van der Waals surface area contributed by atoms with Crippen molar-refractivity contribution in [2.75, 3.05) is 5.32 Å². The fourth-order valence-corrected chi connectivity index (χ4v) is 3.60. The van der Waals surface area contributed by atoms with Gasteiger partial charge in [-0.2, -0.15) is 24.5 Å². The summed E-state index contributed by atoms with van der Waals surface area (Å²) in [6.07, 6.45) is -2.98. The maximum Gasteiger partial charge on any atom is 0.417 e. The zero-order valence-electron chi connectivity index (χ0n) is 16.8. The van der Waals surface area contributed by atoms with E-state index in [1.165, 1.54) is 18.5 Å². The average molecular weight is 435 g/mol. The molecule has 0 saturated heterocycles. The molecule has 0 unspecified atom stereocenters. The SMILES string of the molecule is CC(=O)Nc1cc(-c2cc(OC(C)(C)C)nc(-c3cscc3C(F)(F)F)c2)ccn1. The molecule has 0 saturated carbocycles. The number of halogens is 3. The molecule has 3 heterocycles. The number of amides is 1. The molecule has 5 nitrogen and oxygen atoms in total. The first-order chi connectivity index (χ1) is 13.9. The van der Waals surface area contributed by atoms with E-state index in [9.17, 15) is 18.0 Å². The van der Waals surface area contributed by atoms with Crippen molar-refractivity contribution >= 4 is 23.1 Å². The minimum atomic E-state index is -4.49. The van der Waals surface area contributed by atoms with Crippen LogP contribution in [-0.2, 0) is 11.0 Å². The van der Waals surface area contributed by atoms with E-state index >= 15 is 0 Å². The Kier molecular flexibility index (Phi) is 5.85. The van der Waals surface area contributed by atoms with Crippen molar-refractivity contribution in [2.24, 2.45) is 0 Å². The molecule has 0 aliphatic heterocycles. The maximum atomic E-state index is 13.4. The van der Waals surface area contributed by atoms with Gasteiger partial charge in [0.1, 0.15) is 11.4 Å². The summed E-state index contributed by atoms with van der Waals surface area (Å²) in [5, 5.41) is 5.08. The number of carbonyl (C=O) groups is 1. The van der Waals surface area contributed by atoms with Crippen molar-refractivity contribution in [1.82, 2.24) is 9.97 Å². The van der Waals surface area contributed by atoms with Gasteiger partial charge in [0.2, 0.25) is 11.8 Å². The fourth-order valence-electron chi connectivity index (χ4n) is 2.75. The normalized spacial score (nSPS) is 12.0. The minimum absolute atomic E-state index is 0.00995. The summed E-state index contributed by atoms with van der Waals surface area (Å²) >= 11 is 0.960. The highest BCUT2D eigenvalue weighted by molar-refractivity contribution is 7.08. The third kappa shape index (κ3) is 5.35. The number of hydrogen-bond donors (Lipinski definition) is 1. The van der Waals surface area contributed by atoms with Gasteiger partial charge in [0.25, 0.3) is 0 Å². The molecule has 1 amide bonds. The highest BCUT2D eigenvalue weighted by Crippen LogP contribution is 2.40. The van der Waals surface area contributed by atoms with Gasteiger partial charge in [-0.15, -0.1) is 0 Å². The van der Waals surface area contributed by atoms with Crippen LogP contribution in [0.25, 0.3) is 22.4 Å². The van der Waals surface area contributed by atoms with Crippen LogP contribution in [0.5, 0.6) is 5.88 Å². The van der Waals surface area contributed by atoms with Crippen molar-refractivity contribution in [3.8, 4) is 28.3 Å². The third-order valence-corrected chi connectivity index (χ3v) is 4.60. The second kappa shape index (κ2) is 8.06. The van der Waals surface area contributed by atoms with Crippen molar-refractivity contribution in [3.63, 3.8) is 0 Å². The molecule has 0 spiro atoms. The van der Waals surface area contributed by atoms with E-state index in [1.807, 2.05) is 20.8 Å². The summed E-state index contributed by atoms with van der Waals surface area (Å²) in [5.74, 6) is 0.260. The van der Waals surface area contributed by atoms with Crippen molar-refractivity contribution < 1.29 is 22.7 Å². The lowest BCUT2D eigenvalue weighted by atomic mass is 10.0. The van der Waals surface area contributed by atoms with Gasteiger partial charge in [-0.25, -0.2) is 9.97 Å². The largest absolute Gasteiger partial charge is 0.472 e. The van der Waals surface area contributed by atoms with Crippen molar-refractivity contribution in [2.45, 2.75) is 39.5 Å². The van der Waals surface area contributed by atoms with Crippen molar-refractivity contribution in [1.29, 1.82) is 0 Å². The number of alkyl halides is 3. The molecule has 0 aliphatic carbocycles. The zero-order chi connectivity index (χ0) is 22.1. The Bertz CT molecular complexity index is 1070. The Balaban J connectivity index is 2.15. The molecular formula is C21H20F3N3O2S. The van der Waals surface area contributed by atoms with Gasteiger partial charge in [-0.3, -0.25) is 4.79 Å². The van der Waals surface area contributed by atoms with E-state index in [0.29, 0.717) is 16.9 Å². The number of nitrogens with zero attached hydrogens (tertiary/aromatic N) is 2. The molecular weight excluding hydrogens is 415 g/mol. The number of hydrogen-bond acceptors (Lipinski definition) is 5. The van der Waals surface area contributed by atoms with Gasteiger partial charge in [0.05, 0.1) is 11.3 Å². The number of nitrogens with one attached hydrogen (secondary N) is 1. The molecule has 0 radical (unpaired) electrons. The predicted molar refractivity (Wildman–Crippen MR) is 110 cm³/mol. The summed E-state index contributed by atoms with van der Waals surface area (Å²) < 4.78 is 46.2.